The number of aliphatic hydroxyl groups is 4. The summed E-state index contributed by atoms with van der Waals surface area (Å²) in [4.78, 5) is 53.8. The first-order valence-electron chi connectivity index (χ1n) is 19.7. The van der Waals surface area contributed by atoms with Crippen molar-refractivity contribution >= 4 is 40.2 Å². The van der Waals surface area contributed by atoms with Gasteiger partial charge in [0.2, 0.25) is 0 Å². The van der Waals surface area contributed by atoms with E-state index in [-0.39, 0.29) is 12.8 Å². The Morgan fingerprint density at radius 2 is 1.00 bits per heavy atom. The smallest absolute Gasteiger partial charge is 0.462 e. The van der Waals surface area contributed by atoms with Crippen LogP contribution in [0.5, 0.6) is 0 Å². The number of hydrogen-bond acceptors (Lipinski definition) is 14. The number of unbranched alkanes of at least 4 members (excludes halogenated alkanes) is 18. The van der Waals surface area contributed by atoms with Gasteiger partial charge in [-0.25, -0.2) is 9.13 Å². The van der Waals surface area contributed by atoms with Gasteiger partial charge in [0.25, 0.3) is 0 Å². The minimum absolute atomic E-state index is 0.0467. The zero-order valence-corrected chi connectivity index (χ0v) is 34.5. The van der Waals surface area contributed by atoms with Gasteiger partial charge in [0.05, 0.1) is 6.61 Å². The predicted octanol–water partition coefficient (Wildman–Crippen LogP) is 5.41. The number of aliphatic hydroxyl groups excluding tert-OH is 4. The third-order valence-corrected chi connectivity index (χ3v) is 11.1. The van der Waals surface area contributed by atoms with Gasteiger partial charge in [-0.15, -0.1) is 0 Å². The summed E-state index contributed by atoms with van der Waals surface area (Å²) in [7, 11) is -10.6. The van der Waals surface area contributed by atoms with E-state index in [1.807, 2.05) is 0 Å². The SMILES string of the molecule is CCCCCCCCCCCCCCCC(=O)O[C@H](COC(=O)CCCCCCCCCS)COP(=O)(O)OC1C(O)[C@H](OP(=O)(O)O)C(O)[C@H](O)[C@@H]1O. The van der Waals surface area contributed by atoms with E-state index in [1.54, 1.807) is 0 Å². The maximum absolute atomic E-state index is 12.9. The summed E-state index contributed by atoms with van der Waals surface area (Å²) in [5.74, 6) is -0.361. The van der Waals surface area contributed by atoms with Crippen LogP contribution >= 0.6 is 28.3 Å². The highest BCUT2D eigenvalue weighted by Gasteiger charge is 2.54. The second-order valence-electron chi connectivity index (χ2n) is 14.1. The van der Waals surface area contributed by atoms with Gasteiger partial charge in [-0.3, -0.25) is 23.2 Å². The van der Waals surface area contributed by atoms with E-state index in [0.717, 1.165) is 70.0 Å². The lowest BCUT2D eigenvalue weighted by Gasteiger charge is -2.43. The molecule has 0 saturated heterocycles. The maximum Gasteiger partial charge on any atom is 0.472 e. The van der Waals surface area contributed by atoms with Crippen molar-refractivity contribution in [3.63, 3.8) is 0 Å². The number of thiol groups is 1. The number of carbonyl (C=O) groups excluding carboxylic acids is 2. The van der Waals surface area contributed by atoms with Gasteiger partial charge in [0.15, 0.2) is 6.10 Å². The van der Waals surface area contributed by atoms with Crippen LogP contribution in [-0.4, -0.2) is 109 Å². The van der Waals surface area contributed by atoms with E-state index in [4.69, 9.17) is 28.3 Å². The number of hydrogen-bond donors (Lipinski definition) is 8. The van der Waals surface area contributed by atoms with Crippen molar-refractivity contribution in [1.29, 1.82) is 0 Å². The molecule has 0 bridgehead atoms. The molecule has 0 aliphatic heterocycles. The molecule has 0 spiro atoms. The molecule has 4 unspecified atom stereocenters. The molecule has 0 aromatic rings. The van der Waals surface area contributed by atoms with Crippen LogP contribution in [0.4, 0.5) is 0 Å². The van der Waals surface area contributed by atoms with Gasteiger partial charge in [-0.1, -0.05) is 116 Å². The molecule has 1 rings (SSSR count). The molecule has 54 heavy (non-hydrogen) atoms. The third kappa shape index (κ3) is 24.2. The summed E-state index contributed by atoms with van der Waals surface area (Å²) >= 11 is 4.20. The van der Waals surface area contributed by atoms with Crippen LogP contribution in [0.25, 0.3) is 0 Å². The van der Waals surface area contributed by atoms with Gasteiger partial charge < -0.3 is 44.6 Å². The quantitative estimate of drug-likeness (QED) is 0.0178. The molecule has 16 nitrogen and oxygen atoms in total. The monoisotopic (exact) mass is 838 g/mol. The van der Waals surface area contributed by atoms with Crippen molar-refractivity contribution in [2.24, 2.45) is 0 Å². The van der Waals surface area contributed by atoms with Gasteiger partial charge in [0.1, 0.15) is 43.2 Å². The molecular formula is C35H68O16P2S. The Morgan fingerprint density at radius 1 is 0.574 bits per heavy atom. The number of rotatable bonds is 33. The highest BCUT2D eigenvalue weighted by Crippen LogP contribution is 2.49. The number of carbonyl (C=O) groups is 2. The molecule has 0 aromatic carbocycles. The fourth-order valence-electron chi connectivity index (χ4n) is 6.12. The Hall–Kier alpha value is -0.650. The van der Waals surface area contributed by atoms with Crippen molar-refractivity contribution in [2.45, 2.75) is 191 Å². The number of phosphoric ester groups is 2. The molecule has 320 valence electrons. The maximum atomic E-state index is 12.9. The molecule has 1 saturated carbocycles. The Balaban J connectivity index is 2.67. The Morgan fingerprint density at radius 3 is 1.46 bits per heavy atom. The van der Waals surface area contributed by atoms with Gasteiger partial charge in [-0.05, 0) is 25.0 Å². The minimum Gasteiger partial charge on any atom is -0.462 e. The summed E-state index contributed by atoms with van der Waals surface area (Å²) < 4.78 is 49.0. The molecule has 19 heteroatoms. The standard InChI is InChI=1S/C35H68O16P2S/c1-2-3-4-5-6-7-8-9-10-11-13-17-20-23-29(37)49-27(25-47-28(36)22-19-16-14-12-15-18-21-24-54)26-48-53(45,46)51-35-32(40)30(38)31(39)34(33(35)41)50-52(42,43)44/h27,30-35,38-41,54H,2-26H2,1H3,(H,45,46)(H2,42,43,44)/t27-,30+,31?,32+,33?,34-,35?/m1/s1. The molecule has 1 aliphatic carbocycles. The molecule has 1 fully saturated rings. The summed E-state index contributed by atoms with van der Waals surface area (Å²) in [6.45, 7) is 0.870. The van der Waals surface area contributed by atoms with Crippen LogP contribution in [-0.2, 0) is 41.8 Å². The topological polar surface area (TPSA) is 256 Å². The minimum atomic E-state index is -5.35. The number of esters is 2. The highest BCUT2D eigenvalue weighted by molar-refractivity contribution is 7.80. The number of phosphoric acid groups is 2. The lowest BCUT2D eigenvalue weighted by Crippen LogP contribution is -2.64. The van der Waals surface area contributed by atoms with Gasteiger partial charge in [0, 0.05) is 12.8 Å². The van der Waals surface area contributed by atoms with E-state index in [0.29, 0.717) is 12.8 Å². The van der Waals surface area contributed by atoms with E-state index < -0.39 is 83.5 Å². The fraction of sp³-hybridized carbons (Fsp3) is 0.943. The normalized spacial score (nSPS) is 23.5. The first-order chi connectivity index (χ1) is 25.6. The molecule has 7 N–H and O–H groups in total. The molecule has 0 radical (unpaired) electrons. The van der Waals surface area contributed by atoms with Gasteiger partial charge >= 0.3 is 27.6 Å². The van der Waals surface area contributed by atoms with E-state index in [9.17, 15) is 44.0 Å². The van der Waals surface area contributed by atoms with Gasteiger partial charge in [-0.2, -0.15) is 12.6 Å². The van der Waals surface area contributed by atoms with E-state index >= 15 is 0 Å². The molecule has 0 aromatic heterocycles. The average Bonchev–Trinajstić information content (AvgIpc) is 3.11. The lowest BCUT2D eigenvalue weighted by molar-refractivity contribution is -0.216. The van der Waals surface area contributed by atoms with Crippen LogP contribution in [0.15, 0.2) is 0 Å². The highest BCUT2D eigenvalue weighted by atomic mass is 32.1. The van der Waals surface area contributed by atoms with E-state index in [2.05, 4.69) is 24.1 Å². The fourth-order valence-corrected chi connectivity index (χ4v) is 7.89. The molecular weight excluding hydrogens is 770 g/mol. The van der Waals surface area contributed by atoms with Crippen molar-refractivity contribution in [3.05, 3.63) is 0 Å². The molecule has 0 heterocycles. The third-order valence-electron chi connectivity index (χ3n) is 9.24. The summed E-state index contributed by atoms with van der Waals surface area (Å²) in [5, 5.41) is 41.0. The zero-order chi connectivity index (χ0) is 40.4. The predicted molar refractivity (Wildman–Crippen MR) is 204 cm³/mol. The van der Waals surface area contributed by atoms with Crippen molar-refractivity contribution in [1.82, 2.24) is 0 Å². The lowest BCUT2D eigenvalue weighted by atomic mass is 9.85. The Bertz CT molecular complexity index is 1100. The summed E-state index contributed by atoms with van der Waals surface area (Å²) in [6, 6.07) is 0. The first-order valence-corrected chi connectivity index (χ1v) is 23.4. The second-order valence-corrected chi connectivity index (χ2v) is 17.1. The first kappa shape index (κ1) is 51.4. The van der Waals surface area contributed by atoms with Crippen LogP contribution in [0, 0.1) is 0 Å². The molecule has 0 amide bonds. The zero-order valence-electron chi connectivity index (χ0n) is 31.9. The largest absolute Gasteiger partial charge is 0.472 e. The van der Waals surface area contributed by atoms with Crippen LogP contribution < -0.4 is 0 Å². The van der Waals surface area contributed by atoms with Crippen molar-refractivity contribution < 1.29 is 76.9 Å². The number of ether oxygens (including phenoxy) is 2. The summed E-state index contributed by atoms with van der Waals surface area (Å²) in [6.07, 6.45) is 6.70. The summed E-state index contributed by atoms with van der Waals surface area (Å²) in [5.41, 5.74) is 0. The average molecular weight is 839 g/mol. The second kappa shape index (κ2) is 29.5. The Kier molecular flexibility index (Phi) is 28.1. The van der Waals surface area contributed by atoms with Crippen LogP contribution in [0.2, 0.25) is 0 Å². The van der Waals surface area contributed by atoms with Crippen LogP contribution in [0.3, 0.4) is 0 Å². The molecule has 8 atom stereocenters. The van der Waals surface area contributed by atoms with E-state index in [1.165, 1.54) is 51.4 Å². The van der Waals surface area contributed by atoms with Crippen LogP contribution in [0.1, 0.15) is 148 Å². The van der Waals surface area contributed by atoms with Crippen molar-refractivity contribution in [2.75, 3.05) is 19.0 Å². The van der Waals surface area contributed by atoms with Crippen molar-refractivity contribution in [3.8, 4) is 0 Å². The Labute approximate surface area is 326 Å². The molecule has 1 aliphatic rings.